The molecule has 0 radical (unpaired) electrons. The fourth-order valence-corrected chi connectivity index (χ4v) is 3.06. The molecule has 1 saturated heterocycles. The van der Waals surface area contributed by atoms with Crippen LogP contribution in [0.2, 0.25) is 0 Å². The Labute approximate surface area is 112 Å². The Hall–Kier alpha value is -1.14. The van der Waals surface area contributed by atoms with Crippen LogP contribution in [0.3, 0.4) is 0 Å². The normalized spacial score (nSPS) is 17.9. The van der Waals surface area contributed by atoms with Gasteiger partial charge in [0.2, 0.25) is 5.91 Å². The number of piperidine rings is 1. The molecule has 1 aromatic rings. The smallest absolute Gasteiger partial charge is 0.219 e. The van der Waals surface area contributed by atoms with Crippen LogP contribution in [-0.2, 0) is 11.3 Å². The van der Waals surface area contributed by atoms with Crippen molar-refractivity contribution >= 4 is 22.4 Å². The summed E-state index contributed by atoms with van der Waals surface area (Å²) in [6, 6.07) is 0.394. The fraction of sp³-hybridized carbons (Fsp3) is 0.667. The zero-order valence-corrected chi connectivity index (χ0v) is 11.7. The molecule has 0 bridgehead atoms. The highest BCUT2D eigenvalue weighted by Crippen LogP contribution is 2.21. The van der Waals surface area contributed by atoms with Crippen molar-refractivity contribution in [3.05, 3.63) is 11.1 Å². The molecular weight excluding hydrogens is 248 g/mol. The third-order valence-corrected chi connectivity index (χ3v) is 4.36. The van der Waals surface area contributed by atoms with E-state index in [4.69, 9.17) is 5.73 Å². The lowest BCUT2D eigenvalue weighted by Gasteiger charge is -2.36. The number of hydrogen-bond acceptors (Lipinski definition) is 5. The summed E-state index contributed by atoms with van der Waals surface area (Å²) in [6.07, 6.45) is 3.95. The quantitative estimate of drug-likeness (QED) is 0.894. The Kier molecular flexibility index (Phi) is 4.19. The van der Waals surface area contributed by atoms with Crippen molar-refractivity contribution in [2.75, 3.05) is 25.9 Å². The van der Waals surface area contributed by atoms with Gasteiger partial charge in [-0.2, -0.15) is 0 Å². The van der Waals surface area contributed by atoms with Gasteiger partial charge in [-0.15, -0.1) is 11.3 Å². The van der Waals surface area contributed by atoms with E-state index >= 15 is 0 Å². The van der Waals surface area contributed by atoms with Crippen LogP contribution in [0.4, 0.5) is 5.13 Å². The number of anilines is 1. The van der Waals surface area contributed by atoms with Gasteiger partial charge in [-0.3, -0.25) is 9.69 Å². The maximum absolute atomic E-state index is 11.3. The molecule has 100 valence electrons. The summed E-state index contributed by atoms with van der Waals surface area (Å²) >= 11 is 1.55. The summed E-state index contributed by atoms with van der Waals surface area (Å²) in [7, 11) is 1.90. The van der Waals surface area contributed by atoms with Crippen molar-refractivity contribution < 1.29 is 4.79 Å². The van der Waals surface area contributed by atoms with Crippen molar-refractivity contribution in [2.45, 2.75) is 32.4 Å². The average molecular weight is 268 g/mol. The summed E-state index contributed by atoms with van der Waals surface area (Å²) in [5.41, 5.74) is 5.62. The third kappa shape index (κ3) is 3.20. The molecule has 2 heterocycles. The van der Waals surface area contributed by atoms with Crippen LogP contribution in [-0.4, -0.2) is 46.9 Å². The van der Waals surface area contributed by atoms with E-state index < -0.39 is 0 Å². The molecule has 2 N–H and O–H groups in total. The van der Waals surface area contributed by atoms with Crippen LogP contribution in [0.1, 0.15) is 24.6 Å². The largest absolute Gasteiger partial charge is 0.375 e. The van der Waals surface area contributed by atoms with E-state index in [2.05, 4.69) is 9.88 Å². The van der Waals surface area contributed by atoms with E-state index in [-0.39, 0.29) is 5.91 Å². The van der Waals surface area contributed by atoms with Crippen LogP contribution in [0.25, 0.3) is 0 Å². The number of amides is 1. The third-order valence-electron chi connectivity index (χ3n) is 3.55. The first-order valence-electron chi connectivity index (χ1n) is 6.22. The van der Waals surface area contributed by atoms with Gasteiger partial charge in [0.15, 0.2) is 5.13 Å². The number of nitrogens with two attached hydrogens (primary N) is 1. The Balaban J connectivity index is 1.81. The molecule has 0 saturated carbocycles. The zero-order valence-electron chi connectivity index (χ0n) is 10.9. The summed E-state index contributed by atoms with van der Waals surface area (Å²) < 4.78 is 0. The highest BCUT2D eigenvalue weighted by atomic mass is 32.1. The van der Waals surface area contributed by atoms with E-state index in [1.54, 1.807) is 18.3 Å². The van der Waals surface area contributed by atoms with E-state index in [1.165, 1.54) is 4.88 Å². The summed E-state index contributed by atoms with van der Waals surface area (Å²) in [6.45, 7) is 4.61. The zero-order chi connectivity index (χ0) is 13.1. The van der Waals surface area contributed by atoms with E-state index in [1.807, 2.05) is 18.1 Å². The summed E-state index contributed by atoms with van der Waals surface area (Å²) in [4.78, 5) is 20.9. The topological polar surface area (TPSA) is 62.5 Å². The molecule has 6 heteroatoms. The molecule has 1 aliphatic heterocycles. The maximum Gasteiger partial charge on any atom is 0.219 e. The molecule has 1 amide bonds. The minimum Gasteiger partial charge on any atom is -0.375 e. The van der Waals surface area contributed by atoms with Gasteiger partial charge in [0.1, 0.15) is 0 Å². The fourth-order valence-electron chi connectivity index (χ4n) is 2.34. The van der Waals surface area contributed by atoms with Gasteiger partial charge in [-0.05, 0) is 12.8 Å². The Morgan fingerprint density at radius 3 is 2.78 bits per heavy atom. The highest BCUT2D eigenvalue weighted by Gasteiger charge is 2.23. The number of rotatable bonds is 3. The predicted molar refractivity (Wildman–Crippen MR) is 73.3 cm³/mol. The second-order valence-corrected chi connectivity index (χ2v) is 5.95. The monoisotopic (exact) mass is 268 g/mol. The molecule has 18 heavy (non-hydrogen) atoms. The highest BCUT2D eigenvalue weighted by molar-refractivity contribution is 7.15. The Bertz CT molecular complexity index is 412. The van der Waals surface area contributed by atoms with Crippen molar-refractivity contribution in [2.24, 2.45) is 0 Å². The van der Waals surface area contributed by atoms with Gasteiger partial charge < -0.3 is 10.6 Å². The second kappa shape index (κ2) is 5.67. The molecule has 5 nitrogen and oxygen atoms in total. The molecule has 0 aromatic carbocycles. The van der Waals surface area contributed by atoms with Crippen LogP contribution in [0.5, 0.6) is 0 Å². The summed E-state index contributed by atoms with van der Waals surface area (Å²) in [5, 5.41) is 0.635. The molecule has 0 spiro atoms. The molecule has 0 aliphatic carbocycles. The lowest BCUT2D eigenvalue weighted by atomic mass is 10.0. The lowest BCUT2D eigenvalue weighted by molar-refractivity contribution is -0.130. The molecule has 1 aliphatic rings. The predicted octanol–water partition coefficient (Wildman–Crippen LogP) is 1.17. The van der Waals surface area contributed by atoms with Crippen molar-refractivity contribution in [1.82, 2.24) is 14.8 Å². The minimum absolute atomic E-state index is 0.156. The number of carbonyl (C=O) groups excluding carboxylic acids is 1. The van der Waals surface area contributed by atoms with Crippen molar-refractivity contribution in [3.63, 3.8) is 0 Å². The number of likely N-dealkylation sites (tertiary alicyclic amines) is 1. The number of nitrogen functional groups attached to an aromatic ring is 1. The molecule has 1 aromatic heterocycles. The van der Waals surface area contributed by atoms with E-state index in [9.17, 15) is 4.79 Å². The first-order valence-corrected chi connectivity index (χ1v) is 7.04. The van der Waals surface area contributed by atoms with Crippen molar-refractivity contribution in [3.8, 4) is 0 Å². The maximum atomic E-state index is 11.3. The molecule has 0 atom stereocenters. The minimum atomic E-state index is 0.156. The Morgan fingerprint density at radius 1 is 1.61 bits per heavy atom. The standard InChI is InChI=1S/C12H20N4OS/c1-9(17)15(2)10-3-5-16(6-4-10)8-11-7-14-12(13)18-11/h7,10H,3-6,8H2,1-2H3,(H2,13,14). The van der Waals surface area contributed by atoms with E-state index in [0.29, 0.717) is 11.2 Å². The van der Waals surface area contributed by atoms with Gasteiger partial charge in [0.25, 0.3) is 0 Å². The number of hydrogen-bond donors (Lipinski definition) is 1. The van der Waals surface area contributed by atoms with Gasteiger partial charge in [0, 0.05) is 50.7 Å². The Morgan fingerprint density at radius 2 is 2.28 bits per heavy atom. The van der Waals surface area contributed by atoms with E-state index in [0.717, 1.165) is 32.5 Å². The van der Waals surface area contributed by atoms with Crippen molar-refractivity contribution in [1.29, 1.82) is 0 Å². The first kappa shape index (κ1) is 13.3. The SMILES string of the molecule is CC(=O)N(C)C1CCN(Cc2cnc(N)s2)CC1. The van der Waals surface area contributed by atoms with Gasteiger partial charge in [0.05, 0.1) is 0 Å². The summed E-state index contributed by atoms with van der Waals surface area (Å²) in [5.74, 6) is 0.156. The molecule has 2 rings (SSSR count). The van der Waals surface area contributed by atoms with Crippen LogP contribution in [0, 0.1) is 0 Å². The number of nitrogens with zero attached hydrogens (tertiary/aromatic N) is 3. The van der Waals surface area contributed by atoms with Crippen LogP contribution < -0.4 is 5.73 Å². The number of thiazole rings is 1. The first-order chi connectivity index (χ1) is 8.56. The average Bonchev–Trinajstić information content (AvgIpc) is 2.75. The molecular formula is C12H20N4OS. The second-order valence-electron chi connectivity index (χ2n) is 4.80. The van der Waals surface area contributed by atoms with Crippen LogP contribution >= 0.6 is 11.3 Å². The number of aromatic nitrogens is 1. The molecule has 0 unspecified atom stereocenters. The number of carbonyl (C=O) groups is 1. The molecule has 1 fully saturated rings. The van der Waals surface area contributed by atoms with Gasteiger partial charge in [-0.1, -0.05) is 0 Å². The van der Waals surface area contributed by atoms with Gasteiger partial charge in [-0.25, -0.2) is 4.98 Å². The van der Waals surface area contributed by atoms with Gasteiger partial charge >= 0.3 is 0 Å². The lowest BCUT2D eigenvalue weighted by Crippen LogP contribution is -2.44. The van der Waals surface area contributed by atoms with Crippen LogP contribution in [0.15, 0.2) is 6.20 Å².